The molecule has 28 heavy (non-hydrogen) atoms. The normalized spacial score (nSPS) is 14.8. The van der Waals surface area contributed by atoms with Crippen molar-refractivity contribution in [2.24, 2.45) is 0 Å². The highest BCUT2D eigenvalue weighted by molar-refractivity contribution is 7.85. The van der Waals surface area contributed by atoms with Crippen LogP contribution in [0.15, 0.2) is 50.7 Å². The molecule has 3 heterocycles. The van der Waals surface area contributed by atoms with Crippen molar-refractivity contribution in [3.63, 3.8) is 0 Å². The minimum atomic E-state index is -4.62. The topological polar surface area (TPSA) is 145 Å². The van der Waals surface area contributed by atoms with Gasteiger partial charge in [-0.05, 0) is 36.4 Å². The van der Waals surface area contributed by atoms with Crippen molar-refractivity contribution in [2.45, 2.75) is 24.6 Å². The molecule has 9 nitrogen and oxygen atoms in total. The predicted octanol–water partition coefficient (Wildman–Crippen LogP) is 1.07. The largest absolute Gasteiger partial charge is 0.742 e. The second-order valence-corrected chi connectivity index (χ2v) is 7.91. The van der Waals surface area contributed by atoms with Crippen LogP contribution < -0.4 is 11.3 Å². The number of rotatable bonds is 4. The molecule has 1 aliphatic rings. The Balaban J connectivity index is 1.55. The standard InChI is InChI=1S/C18H18N4O5S/c19-12-3-1-11(2-4-12)17-20-15-7-8-22(10-14(15)18(23)21-17)9-13-5-6-16(27-13)28(24,25)26/h1-6H,7-10,19H2,(H,20,21,23)(H,24,25,26)/p-1. The third-order valence-corrected chi connectivity index (χ3v) is 5.31. The van der Waals surface area contributed by atoms with Gasteiger partial charge in [0.25, 0.3) is 5.56 Å². The van der Waals surface area contributed by atoms with Gasteiger partial charge in [0.2, 0.25) is 5.09 Å². The van der Waals surface area contributed by atoms with Gasteiger partial charge >= 0.3 is 0 Å². The number of nitrogens with one attached hydrogen (secondary N) is 1. The molecule has 0 bridgehead atoms. The Labute approximate surface area is 160 Å². The van der Waals surface area contributed by atoms with Gasteiger partial charge < -0.3 is 19.7 Å². The van der Waals surface area contributed by atoms with Crippen molar-refractivity contribution in [3.8, 4) is 11.4 Å². The van der Waals surface area contributed by atoms with E-state index in [2.05, 4.69) is 9.97 Å². The maximum absolute atomic E-state index is 12.6. The van der Waals surface area contributed by atoms with E-state index >= 15 is 0 Å². The Morgan fingerprint density at radius 1 is 1.21 bits per heavy atom. The molecule has 0 radical (unpaired) electrons. The van der Waals surface area contributed by atoms with Crippen LogP contribution in [-0.2, 0) is 29.6 Å². The van der Waals surface area contributed by atoms with Crippen LogP contribution in [0.4, 0.5) is 5.69 Å². The summed E-state index contributed by atoms with van der Waals surface area (Å²) in [7, 11) is -4.62. The molecule has 0 spiro atoms. The van der Waals surface area contributed by atoms with E-state index in [0.717, 1.165) is 17.3 Å². The van der Waals surface area contributed by atoms with Gasteiger partial charge in [0.05, 0.1) is 17.8 Å². The zero-order chi connectivity index (χ0) is 19.9. The van der Waals surface area contributed by atoms with E-state index in [1.54, 1.807) is 24.3 Å². The maximum Gasteiger partial charge on any atom is 0.255 e. The second kappa shape index (κ2) is 6.89. The Hall–Kier alpha value is -2.95. The Kier molecular flexibility index (Phi) is 4.53. The van der Waals surface area contributed by atoms with Gasteiger partial charge in [0.1, 0.15) is 11.6 Å². The molecule has 3 aromatic rings. The molecule has 10 heteroatoms. The summed E-state index contributed by atoms with van der Waals surface area (Å²) in [4.78, 5) is 21.9. The summed E-state index contributed by atoms with van der Waals surface area (Å²) in [5.74, 6) is 0.842. The number of nitrogens with zero attached hydrogens (tertiary/aromatic N) is 2. The van der Waals surface area contributed by atoms with Gasteiger partial charge in [0, 0.05) is 30.8 Å². The van der Waals surface area contributed by atoms with Gasteiger partial charge in [-0.1, -0.05) is 0 Å². The van der Waals surface area contributed by atoms with Crippen molar-refractivity contribution in [2.75, 3.05) is 12.3 Å². The second-order valence-electron chi connectivity index (χ2n) is 6.60. The molecule has 3 N–H and O–H groups in total. The first kappa shape index (κ1) is 18.4. The number of hydrogen-bond acceptors (Lipinski definition) is 8. The van der Waals surface area contributed by atoms with Crippen molar-refractivity contribution < 1.29 is 17.4 Å². The molecule has 0 amide bonds. The van der Waals surface area contributed by atoms with Crippen LogP contribution >= 0.6 is 0 Å². The molecule has 0 atom stereocenters. The number of fused-ring (bicyclic) bond motifs is 1. The number of hydrogen-bond donors (Lipinski definition) is 2. The fourth-order valence-corrected chi connectivity index (χ4v) is 3.64. The summed E-state index contributed by atoms with van der Waals surface area (Å²) < 4.78 is 38.1. The molecule has 146 valence electrons. The van der Waals surface area contributed by atoms with Crippen molar-refractivity contribution >= 4 is 15.8 Å². The van der Waals surface area contributed by atoms with Gasteiger partial charge in [0.15, 0.2) is 10.1 Å². The Bertz CT molecular complexity index is 1180. The number of anilines is 1. The molecule has 0 saturated carbocycles. The number of benzene rings is 1. The number of nitrogens with two attached hydrogens (primary N) is 1. The first-order chi connectivity index (χ1) is 13.3. The number of aromatic nitrogens is 2. The summed E-state index contributed by atoms with van der Waals surface area (Å²) in [6, 6.07) is 9.68. The quantitative estimate of drug-likeness (QED) is 0.488. The van der Waals surface area contributed by atoms with Crippen LogP contribution in [0.1, 0.15) is 17.0 Å². The third-order valence-electron chi connectivity index (χ3n) is 4.59. The lowest BCUT2D eigenvalue weighted by atomic mass is 10.1. The lowest BCUT2D eigenvalue weighted by Crippen LogP contribution is -2.35. The monoisotopic (exact) mass is 401 g/mol. The van der Waals surface area contributed by atoms with E-state index < -0.39 is 15.2 Å². The summed E-state index contributed by atoms with van der Waals surface area (Å²) in [6.07, 6.45) is 0.564. The van der Waals surface area contributed by atoms with Crippen LogP contribution in [0.5, 0.6) is 0 Å². The van der Waals surface area contributed by atoms with Gasteiger partial charge in [-0.25, -0.2) is 13.4 Å². The molecule has 0 saturated heterocycles. The van der Waals surface area contributed by atoms with Crippen LogP contribution in [0, 0.1) is 0 Å². The maximum atomic E-state index is 12.6. The van der Waals surface area contributed by atoms with Crippen molar-refractivity contribution in [1.82, 2.24) is 14.9 Å². The molecular formula is C18H17N4O5S-. The van der Waals surface area contributed by atoms with Gasteiger partial charge in [-0.3, -0.25) is 9.69 Å². The molecule has 4 rings (SSSR count). The van der Waals surface area contributed by atoms with Crippen LogP contribution in [-0.4, -0.2) is 34.4 Å². The molecular weight excluding hydrogens is 384 g/mol. The van der Waals surface area contributed by atoms with E-state index in [0.29, 0.717) is 42.3 Å². The van der Waals surface area contributed by atoms with Crippen molar-refractivity contribution in [1.29, 1.82) is 0 Å². The van der Waals surface area contributed by atoms with Crippen molar-refractivity contribution in [3.05, 3.63) is 63.8 Å². The molecule has 2 aromatic heterocycles. The number of nitrogen functional groups attached to an aromatic ring is 1. The number of aromatic amines is 1. The average molecular weight is 401 g/mol. The highest BCUT2D eigenvalue weighted by Crippen LogP contribution is 2.22. The Morgan fingerprint density at radius 3 is 2.64 bits per heavy atom. The summed E-state index contributed by atoms with van der Waals surface area (Å²) in [5, 5.41) is -0.604. The number of furan rings is 1. The van der Waals surface area contributed by atoms with Crippen LogP contribution in [0.25, 0.3) is 11.4 Å². The highest BCUT2D eigenvalue weighted by atomic mass is 32.2. The zero-order valence-corrected chi connectivity index (χ0v) is 15.5. The highest BCUT2D eigenvalue weighted by Gasteiger charge is 2.22. The number of H-pyrrole nitrogens is 1. The first-order valence-corrected chi connectivity index (χ1v) is 9.95. The smallest absolute Gasteiger partial charge is 0.255 e. The van der Waals surface area contributed by atoms with E-state index in [1.165, 1.54) is 6.07 Å². The van der Waals surface area contributed by atoms with Crippen LogP contribution in [0.3, 0.4) is 0 Å². The minimum absolute atomic E-state index is 0.219. The van der Waals surface area contributed by atoms with Gasteiger partial charge in [-0.2, -0.15) is 0 Å². The fourth-order valence-electron chi connectivity index (χ4n) is 3.19. The lowest BCUT2D eigenvalue weighted by molar-refractivity contribution is 0.215. The first-order valence-electron chi connectivity index (χ1n) is 8.54. The van der Waals surface area contributed by atoms with Crippen LogP contribution in [0.2, 0.25) is 0 Å². The van der Waals surface area contributed by atoms with E-state index in [9.17, 15) is 17.8 Å². The predicted molar refractivity (Wildman–Crippen MR) is 99.2 cm³/mol. The van der Waals surface area contributed by atoms with E-state index in [1.807, 2.05) is 4.90 Å². The zero-order valence-electron chi connectivity index (χ0n) is 14.7. The molecule has 0 fully saturated rings. The molecule has 0 aliphatic carbocycles. The average Bonchev–Trinajstić information content (AvgIpc) is 3.12. The SMILES string of the molecule is Nc1ccc(-c2nc3c(c(=O)[nH]2)CN(Cc2ccc(S(=O)(=O)[O-])o2)CC3)cc1. The van der Waals surface area contributed by atoms with E-state index in [4.69, 9.17) is 10.2 Å². The molecule has 1 aliphatic heterocycles. The molecule has 1 aromatic carbocycles. The summed E-state index contributed by atoms with van der Waals surface area (Å²) >= 11 is 0. The summed E-state index contributed by atoms with van der Waals surface area (Å²) in [5.41, 5.74) is 8.18. The lowest BCUT2D eigenvalue weighted by Gasteiger charge is -2.26. The van der Waals surface area contributed by atoms with Gasteiger partial charge in [-0.15, -0.1) is 0 Å². The third kappa shape index (κ3) is 3.70. The van der Waals surface area contributed by atoms with E-state index in [-0.39, 0.29) is 12.1 Å². The minimum Gasteiger partial charge on any atom is -0.742 e. The fraction of sp³-hybridized carbons (Fsp3) is 0.222. The Morgan fingerprint density at radius 2 is 1.96 bits per heavy atom. The molecule has 0 unspecified atom stereocenters. The summed E-state index contributed by atoms with van der Waals surface area (Å²) in [6.45, 7) is 1.25.